The summed E-state index contributed by atoms with van der Waals surface area (Å²) >= 11 is 5.09. The van der Waals surface area contributed by atoms with E-state index < -0.39 is 0 Å². The zero-order valence-corrected chi connectivity index (χ0v) is 12.9. The molecule has 0 saturated heterocycles. The van der Waals surface area contributed by atoms with E-state index in [1.165, 1.54) is 0 Å². The molecular formula is C12H20BrNO2S. The highest BCUT2D eigenvalue weighted by atomic mass is 79.9. The van der Waals surface area contributed by atoms with E-state index >= 15 is 0 Å². The first-order chi connectivity index (χ1) is 7.92. The summed E-state index contributed by atoms with van der Waals surface area (Å²) in [5.41, 5.74) is 5.59. The van der Waals surface area contributed by atoms with Gasteiger partial charge in [0.05, 0.1) is 22.6 Å². The molecule has 3 nitrogen and oxygen atoms in total. The highest BCUT2D eigenvalue weighted by Gasteiger charge is 2.14. The Kier molecular flexibility index (Phi) is 6.09. The molecule has 0 aliphatic heterocycles. The minimum Gasteiger partial charge on any atom is -0.373 e. The van der Waals surface area contributed by atoms with Gasteiger partial charge in [0.15, 0.2) is 0 Å². The fraction of sp³-hybridized carbons (Fsp3) is 0.667. The van der Waals surface area contributed by atoms with Gasteiger partial charge in [0.1, 0.15) is 6.10 Å². The molecule has 98 valence electrons. The molecule has 0 bridgehead atoms. The van der Waals surface area contributed by atoms with Gasteiger partial charge in [0, 0.05) is 11.4 Å². The number of ether oxygens (including phenoxy) is 2. The molecule has 0 saturated carbocycles. The largest absolute Gasteiger partial charge is 0.373 e. The van der Waals surface area contributed by atoms with E-state index in [4.69, 9.17) is 15.2 Å². The Morgan fingerprint density at radius 2 is 2.06 bits per heavy atom. The maximum absolute atomic E-state index is 5.73. The fourth-order valence-corrected chi connectivity index (χ4v) is 2.79. The molecule has 0 aliphatic rings. The van der Waals surface area contributed by atoms with Gasteiger partial charge in [-0.25, -0.2) is 0 Å². The van der Waals surface area contributed by atoms with E-state index in [0.717, 1.165) is 8.66 Å². The summed E-state index contributed by atoms with van der Waals surface area (Å²) in [6.07, 6.45) is -0.0325. The third-order valence-electron chi connectivity index (χ3n) is 2.06. The van der Waals surface area contributed by atoms with Gasteiger partial charge in [-0.15, -0.1) is 11.3 Å². The number of thiophene rings is 1. The predicted octanol–water partition coefficient (Wildman–Crippen LogP) is 3.34. The van der Waals surface area contributed by atoms with Crippen molar-refractivity contribution in [3.05, 3.63) is 20.8 Å². The standard InChI is InChI=1S/C12H20BrNO2S/c1-12(2,3)16-7-6-15-9(8-14)10-4-5-11(13)17-10/h4-5,9H,6-8,14H2,1-3H3. The van der Waals surface area contributed by atoms with Gasteiger partial charge >= 0.3 is 0 Å². The van der Waals surface area contributed by atoms with Crippen molar-refractivity contribution >= 4 is 27.3 Å². The Morgan fingerprint density at radius 3 is 2.53 bits per heavy atom. The number of hydrogen-bond donors (Lipinski definition) is 1. The zero-order chi connectivity index (χ0) is 12.9. The number of rotatable bonds is 6. The summed E-state index contributed by atoms with van der Waals surface area (Å²) < 4.78 is 12.4. The van der Waals surface area contributed by atoms with Crippen LogP contribution >= 0.6 is 27.3 Å². The average Bonchev–Trinajstić information content (AvgIpc) is 2.63. The van der Waals surface area contributed by atoms with Crippen molar-refractivity contribution in [3.63, 3.8) is 0 Å². The maximum Gasteiger partial charge on any atom is 0.104 e. The molecular weight excluding hydrogens is 302 g/mol. The first-order valence-electron chi connectivity index (χ1n) is 5.63. The zero-order valence-electron chi connectivity index (χ0n) is 10.5. The number of nitrogens with two attached hydrogens (primary N) is 1. The maximum atomic E-state index is 5.73. The van der Waals surface area contributed by atoms with Gasteiger partial charge in [-0.1, -0.05) is 0 Å². The Morgan fingerprint density at radius 1 is 1.35 bits per heavy atom. The monoisotopic (exact) mass is 321 g/mol. The summed E-state index contributed by atoms with van der Waals surface area (Å²) in [5.74, 6) is 0. The lowest BCUT2D eigenvalue weighted by Crippen LogP contribution is -2.23. The van der Waals surface area contributed by atoms with Gasteiger partial charge in [0.2, 0.25) is 0 Å². The molecule has 0 aliphatic carbocycles. The fourth-order valence-electron chi connectivity index (χ4n) is 1.31. The third-order valence-corrected chi connectivity index (χ3v) is 3.78. The first-order valence-corrected chi connectivity index (χ1v) is 7.24. The van der Waals surface area contributed by atoms with Crippen LogP contribution in [0.15, 0.2) is 15.9 Å². The Bertz CT molecular complexity index is 335. The summed E-state index contributed by atoms with van der Waals surface area (Å²) in [5, 5.41) is 0. The van der Waals surface area contributed by atoms with Gasteiger partial charge in [-0.05, 0) is 48.8 Å². The molecule has 2 N–H and O–H groups in total. The molecule has 0 aromatic carbocycles. The lowest BCUT2D eigenvalue weighted by atomic mass is 10.2. The van der Waals surface area contributed by atoms with Crippen LogP contribution in [0.3, 0.4) is 0 Å². The molecule has 1 aromatic rings. The van der Waals surface area contributed by atoms with Crippen molar-refractivity contribution < 1.29 is 9.47 Å². The first kappa shape index (κ1) is 15.1. The van der Waals surface area contributed by atoms with Crippen molar-refractivity contribution in [3.8, 4) is 0 Å². The molecule has 0 fully saturated rings. The van der Waals surface area contributed by atoms with Gasteiger partial charge in [-0.3, -0.25) is 0 Å². The summed E-state index contributed by atoms with van der Waals surface area (Å²) in [6.45, 7) is 7.74. The summed E-state index contributed by atoms with van der Waals surface area (Å²) in [6, 6.07) is 4.05. The van der Waals surface area contributed by atoms with Crippen LogP contribution < -0.4 is 5.73 Å². The van der Waals surface area contributed by atoms with Crippen molar-refractivity contribution in [2.75, 3.05) is 19.8 Å². The topological polar surface area (TPSA) is 44.5 Å². The second-order valence-electron chi connectivity index (χ2n) is 4.70. The highest BCUT2D eigenvalue weighted by Crippen LogP contribution is 2.28. The molecule has 0 spiro atoms. The third kappa shape index (κ3) is 5.97. The molecule has 1 atom stereocenters. The summed E-state index contributed by atoms with van der Waals surface area (Å²) in [4.78, 5) is 1.15. The molecule has 1 heterocycles. The lowest BCUT2D eigenvalue weighted by molar-refractivity contribution is -0.0500. The van der Waals surface area contributed by atoms with Crippen LogP contribution in [0.5, 0.6) is 0 Å². The van der Waals surface area contributed by atoms with Gasteiger partial charge in [0.25, 0.3) is 0 Å². The van der Waals surface area contributed by atoms with Crippen LogP contribution in [-0.4, -0.2) is 25.4 Å². The Labute approximate surface area is 115 Å². The molecule has 1 aromatic heterocycles. The second kappa shape index (κ2) is 6.85. The van der Waals surface area contributed by atoms with Crippen LogP contribution in [0, 0.1) is 0 Å². The number of halogens is 1. The van der Waals surface area contributed by atoms with E-state index in [1.807, 2.05) is 32.9 Å². The lowest BCUT2D eigenvalue weighted by Gasteiger charge is -2.21. The van der Waals surface area contributed by atoms with Crippen LogP contribution in [0.1, 0.15) is 31.8 Å². The Hall–Kier alpha value is 0.0600. The Balaban J connectivity index is 2.33. The van der Waals surface area contributed by atoms with Crippen molar-refractivity contribution in [1.29, 1.82) is 0 Å². The number of hydrogen-bond acceptors (Lipinski definition) is 4. The highest BCUT2D eigenvalue weighted by molar-refractivity contribution is 9.11. The molecule has 5 heteroatoms. The van der Waals surface area contributed by atoms with Crippen LogP contribution in [-0.2, 0) is 9.47 Å². The minimum atomic E-state index is -0.118. The quantitative estimate of drug-likeness (QED) is 0.817. The minimum absolute atomic E-state index is 0.0325. The van der Waals surface area contributed by atoms with E-state index in [-0.39, 0.29) is 11.7 Å². The average molecular weight is 322 g/mol. The van der Waals surface area contributed by atoms with E-state index in [2.05, 4.69) is 15.9 Å². The van der Waals surface area contributed by atoms with Crippen LogP contribution in [0.4, 0.5) is 0 Å². The SMILES string of the molecule is CC(C)(C)OCCOC(CN)c1ccc(Br)s1. The smallest absolute Gasteiger partial charge is 0.104 e. The van der Waals surface area contributed by atoms with E-state index in [1.54, 1.807) is 11.3 Å². The van der Waals surface area contributed by atoms with Gasteiger partial charge in [-0.2, -0.15) is 0 Å². The predicted molar refractivity (Wildman–Crippen MR) is 75.5 cm³/mol. The van der Waals surface area contributed by atoms with Crippen LogP contribution in [0.25, 0.3) is 0 Å². The van der Waals surface area contributed by atoms with Crippen LogP contribution in [0.2, 0.25) is 0 Å². The molecule has 17 heavy (non-hydrogen) atoms. The van der Waals surface area contributed by atoms with Crippen molar-refractivity contribution in [2.45, 2.75) is 32.5 Å². The van der Waals surface area contributed by atoms with Crippen molar-refractivity contribution in [2.24, 2.45) is 5.73 Å². The molecule has 1 rings (SSSR count). The van der Waals surface area contributed by atoms with Crippen molar-refractivity contribution in [1.82, 2.24) is 0 Å². The molecule has 1 unspecified atom stereocenters. The molecule has 0 amide bonds. The summed E-state index contributed by atoms with van der Waals surface area (Å²) in [7, 11) is 0. The normalized spacial score (nSPS) is 13.9. The van der Waals surface area contributed by atoms with Gasteiger partial charge < -0.3 is 15.2 Å². The second-order valence-corrected chi connectivity index (χ2v) is 7.19. The molecule has 0 radical (unpaired) electrons. The van der Waals surface area contributed by atoms with E-state index in [9.17, 15) is 0 Å². The van der Waals surface area contributed by atoms with E-state index in [0.29, 0.717) is 19.8 Å².